The van der Waals surface area contributed by atoms with Gasteiger partial charge < -0.3 is 20.1 Å². The van der Waals surface area contributed by atoms with Gasteiger partial charge in [0.1, 0.15) is 11.8 Å². The normalized spacial score (nSPS) is 10.0. The third kappa shape index (κ3) is 2.14. The number of hydrogen-bond donors (Lipinski definition) is 3. The van der Waals surface area contributed by atoms with Crippen molar-refractivity contribution in [2.24, 2.45) is 0 Å². The number of rotatable bonds is 3. The number of anilines is 1. The molecule has 2 rings (SSSR count). The van der Waals surface area contributed by atoms with Gasteiger partial charge in [-0.2, -0.15) is 0 Å². The van der Waals surface area contributed by atoms with E-state index in [2.05, 4.69) is 15.0 Å². The predicted molar refractivity (Wildman–Crippen MR) is 59.5 cm³/mol. The number of nitrogens with one attached hydrogen (secondary N) is 1. The van der Waals surface area contributed by atoms with E-state index >= 15 is 0 Å². The van der Waals surface area contributed by atoms with Crippen LogP contribution in [0.25, 0.3) is 0 Å². The van der Waals surface area contributed by atoms with Gasteiger partial charge in [-0.15, -0.1) is 0 Å². The standard InChI is InChI=1S/C11H8N2O5/c14-9-6(11(16)17)2-1-3-7(9)12-10(15)8-4-5-18-13-8/h1-5,14H,(H,12,15)(H,16,17). The largest absolute Gasteiger partial charge is 0.505 e. The fourth-order valence-electron chi connectivity index (χ4n) is 1.33. The molecule has 0 fully saturated rings. The fraction of sp³-hybridized carbons (Fsp3) is 0. The van der Waals surface area contributed by atoms with Crippen molar-refractivity contribution in [3.05, 3.63) is 41.8 Å². The molecule has 0 aliphatic rings. The van der Waals surface area contributed by atoms with Crippen LogP contribution in [0.3, 0.4) is 0 Å². The van der Waals surface area contributed by atoms with E-state index in [4.69, 9.17) is 5.11 Å². The van der Waals surface area contributed by atoms with Crippen molar-refractivity contribution in [2.75, 3.05) is 5.32 Å². The Hall–Kier alpha value is -2.83. The van der Waals surface area contributed by atoms with E-state index in [0.29, 0.717) is 0 Å². The molecule has 1 amide bonds. The molecule has 18 heavy (non-hydrogen) atoms. The first-order valence-corrected chi connectivity index (χ1v) is 4.86. The first kappa shape index (κ1) is 11.6. The molecular weight excluding hydrogens is 240 g/mol. The molecule has 0 aliphatic heterocycles. The van der Waals surface area contributed by atoms with Gasteiger partial charge in [0.25, 0.3) is 5.91 Å². The van der Waals surface area contributed by atoms with Gasteiger partial charge in [0.15, 0.2) is 11.4 Å². The number of para-hydroxylation sites is 1. The van der Waals surface area contributed by atoms with E-state index in [1.807, 2.05) is 0 Å². The number of carbonyl (C=O) groups excluding carboxylic acids is 1. The highest BCUT2D eigenvalue weighted by atomic mass is 16.5. The maximum atomic E-state index is 11.6. The van der Waals surface area contributed by atoms with Crippen LogP contribution >= 0.6 is 0 Å². The molecule has 0 radical (unpaired) electrons. The summed E-state index contributed by atoms with van der Waals surface area (Å²) in [4.78, 5) is 22.4. The van der Waals surface area contributed by atoms with Crippen LogP contribution < -0.4 is 5.32 Å². The van der Waals surface area contributed by atoms with Crippen molar-refractivity contribution in [1.82, 2.24) is 5.16 Å². The second-order valence-corrected chi connectivity index (χ2v) is 3.35. The second-order valence-electron chi connectivity index (χ2n) is 3.35. The maximum Gasteiger partial charge on any atom is 0.339 e. The lowest BCUT2D eigenvalue weighted by molar-refractivity contribution is 0.0693. The number of aromatic nitrogens is 1. The van der Waals surface area contributed by atoms with Gasteiger partial charge in [-0.3, -0.25) is 4.79 Å². The SMILES string of the molecule is O=C(Nc1cccc(C(=O)O)c1O)c1ccon1. The third-order valence-electron chi connectivity index (χ3n) is 2.19. The number of carboxylic acids is 1. The van der Waals surface area contributed by atoms with Gasteiger partial charge >= 0.3 is 5.97 Å². The van der Waals surface area contributed by atoms with E-state index in [1.54, 1.807) is 0 Å². The minimum atomic E-state index is -1.29. The van der Waals surface area contributed by atoms with Crippen molar-refractivity contribution in [2.45, 2.75) is 0 Å². The van der Waals surface area contributed by atoms with Crippen molar-refractivity contribution in [3.8, 4) is 5.75 Å². The van der Waals surface area contributed by atoms with E-state index in [-0.39, 0.29) is 16.9 Å². The summed E-state index contributed by atoms with van der Waals surface area (Å²) in [7, 11) is 0. The number of benzene rings is 1. The third-order valence-corrected chi connectivity index (χ3v) is 2.19. The smallest absolute Gasteiger partial charge is 0.339 e. The number of carbonyl (C=O) groups is 2. The summed E-state index contributed by atoms with van der Waals surface area (Å²) < 4.78 is 4.50. The van der Waals surface area contributed by atoms with Gasteiger partial charge in [-0.05, 0) is 12.1 Å². The van der Waals surface area contributed by atoms with E-state index in [1.165, 1.54) is 30.5 Å². The Labute approximate surface area is 101 Å². The number of hydrogen-bond acceptors (Lipinski definition) is 5. The molecule has 92 valence electrons. The Morgan fingerprint density at radius 3 is 2.67 bits per heavy atom. The minimum Gasteiger partial charge on any atom is -0.505 e. The lowest BCUT2D eigenvalue weighted by Crippen LogP contribution is -2.13. The summed E-state index contributed by atoms with van der Waals surface area (Å²) in [6, 6.07) is 5.35. The van der Waals surface area contributed by atoms with Crippen LogP contribution in [-0.4, -0.2) is 27.2 Å². The van der Waals surface area contributed by atoms with Gasteiger partial charge in [0.2, 0.25) is 0 Å². The number of nitrogens with zero attached hydrogens (tertiary/aromatic N) is 1. The molecule has 0 aliphatic carbocycles. The van der Waals surface area contributed by atoms with Crippen molar-refractivity contribution in [1.29, 1.82) is 0 Å². The first-order valence-electron chi connectivity index (χ1n) is 4.86. The van der Waals surface area contributed by atoms with Gasteiger partial charge in [0, 0.05) is 6.07 Å². The van der Waals surface area contributed by atoms with Crippen LogP contribution in [0.4, 0.5) is 5.69 Å². The van der Waals surface area contributed by atoms with E-state index in [0.717, 1.165) is 0 Å². The number of aromatic hydroxyl groups is 1. The Morgan fingerprint density at radius 1 is 1.28 bits per heavy atom. The molecule has 0 saturated heterocycles. The Balaban J connectivity index is 2.27. The topological polar surface area (TPSA) is 113 Å². The van der Waals surface area contributed by atoms with Gasteiger partial charge in [0.05, 0.1) is 5.69 Å². The quantitative estimate of drug-likeness (QED) is 0.706. The van der Waals surface area contributed by atoms with Crippen LogP contribution in [0.2, 0.25) is 0 Å². The molecule has 0 bridgehead atoms. The second kappa shape index (κ2) is 4.58. The maximum absolute atomic E-state index is 11.6. The minimum absolute atomic E-state index is 0.0112. The first-order chi connectivity index (χ1) is 8.59. The van der Waals surface area contributed by atoms with Crippen LogP contribution in [0.1, 0.15) is 20.8 Å². The zero-order valence-corrected chi connectivity index (χ0v) is 8.95. The molecule has 2 aromatic rings. The van der Waals surface area contributed by atoms with Crippen LogP contribution in [0.15, 0.2) is 35.1 Å². The molecule has 7 nitrogen and oxygen atoms in total. The summed E-state index contributed by atoms with van der Waals surface area (Å²) in [6.45, 7) is 0. The Morgan fingerprint density at radius 2 is 2.06 bits per heavy atom. The molecule has 1 heterocycles. The Bertz CT molecular complexity index is 591. The highest BCUT2D eigenvalue weighted by Crippen LogP contribution is 2.27. The van der Waals surface area contributed by atoms with Gasteiger partial charge in [-0.1, -0.05) is 11.2 Å². The zero-order valence-electron chi connectivity index (χ0n) is 8.95. The van der Waals surface area contributed by atoms with Crippen molar-refractivity contribution < 1.29 is 24.3 Å². The highest BCUT2D eigenvalue weighted by Gasteiger charge is 2.16. The molecule has 0 spiro atoms. The van der Waals surface area contributed by atoms with Gasteiger partial charge in [-0.25, -0.2) is 4.79 Å². The molecule has 1 aromatic carbocycles. The molecule has 3 N–H and O–H groups in total. The van der Waals surface area contributed by atoms with E-state index < -0.39 is 17.6 Å². The summed E-state index contributed by atoms with van der Waals surface area (Å²) in [5.74, 6) is -2.41. The monoisotopic (exact) mass is 248 g/mol. The van der Waals surface area contributed by atoms with Crippen LogP contribution in [-0.2, 0) is 0 Å². The van der Waals surface area contributed by atoms with Crippen molar-refractivity contribution in [3.63, 3.8) is 0 Å². The summed E-state index contributed by atoms with van der Waals surface area (Å²) >= 11 is 0. The average molecular weight is 248 g/mol. The molecule has 0 unspecified atom stereocenters. The number of carboxylic acid groups (broad SMARTS) is 1. The fourth-order valence-corrected chi connectivity index (χ4v) is 1.33. The van der Waals surface area contributed by atoms with Crippen molar-refractivity contribution >= 4 is 17.6 Å². The molecule has 1 aromatic heterocycles. The molecule has 0 atom stereocenters. The predicted octanol–water partition coefficient (Wildman–Crippen LogP) is 1.33. The average Bonchev–Trinajstić information content (AvgIpc) is 2.85. The summed E-state index contributed by atoms with van der Waals surface area (Å²) in [6.07, 6.45) is 1.22. The molecule has 7 heteroatoms. The van der Waals surface area contributed by atoms with E-state index in [9.17, 15) is 14.7 Å². The van der Waals surface area contributed by atoms with Crippen LogP contribution in [0, 0.1) is 0 Å². The summed E-state index contributed by atoms with van der Waals surface area (Å²) in [5.41, 5.74) is -0.286. The number of phenols is 1. The highest BCUT2D eigenvalue weighted by molar-refractivity contribution is 6.04. The number of aromatic carboxylic acids is 1. The summed E-state index contributed by atoms with van der Waals surface area (Å²) in [5, 5.41) is 24.2. The lowest BCUT2D eigenvalue weighted by atomic mass is 10.1. The Kier molecular flexibility index (Phi) is 2.96. The lowest BCUT2D eigenvalue weighted by Gasteiger charge is -2.07. The van der Waals surface area contributed by atoms with Crippen LogP contribution in [0.5, 0.6) is 5.75 Å². The molecular formula is C11H8N2O5. The molecule has 0 saturated carbocycles. The zero-order chi connectivity index (χ0) is 13.1. The number of amides is 1.